The number of rotatable bonds is 6. The number of hydrogen-bond acceptors (Lipinski definition) is 6. The van der Waals surface area contributed by atoms with E-state index in [1.165, 1.54) is 5.56 Å². The van der Waals surface area contributed by atoms with Gasteiger partial charge < -0.3 is 5.32 Å². The van der Waals surface area contributed by atoms with Gasteiger partial charge in [0.25, 0.3) is 0 Å². The molecule has 0 aliphatic carbocycles. The van der Waals surface area contributed by atoms with Crippen molar-refractivity contribution in [2.75, 3.05) is 18.4 Å². The first-order valence-corrected chi connectivity index (χ1v) is 11.1. The zero-order valence-electron chi connectivity index (χ0n) is 17.9. The summed E-state index contributed by atoms with van der Waals surface area (Å²) < 4.78 is 0. The Bertz CT molecular complexity index is 1130. The number of nitrogens with zero attached hydrogens (tertiary/aromatic N) is 5. The van der Waals surface area contributed by atoms with E-state index in [2.05, 4.69) is 32.3 Å². The highest BCUT2D eigenvalue weighted by atomic mass is 15.1. The molecule has 1 fully saturated rings. The van der Waals surface area contributed by atoms with Gasteiger partial charge in [-0.1, -0.05) is 18.2 Å². The number of nitrogens with one attached hydrogen (secondary N) is 1. The molecule has 6 heteroatoms. The lowest BCUT2D eigenvalue weighted by molar-refractivity contribution is 0.196. The molecule has 0 saturated carbocycles. The molecule has 1 aromatic carbocycles. The van der Waals surface area contributed by atoms with Crippen LogP contribution in [0.15, 0.2) is 85.5 Å². The number of hydrogen-bond donors (Lipinski definition) is 1. The summed E-state index contributed by atoms with van der Waals surface area (Å²) in [7, 11) is 0. The lowest BCUT2D eigenvalue weighted by Gasteiger charge is -2.32. The van der Waals surface area contributed by atoms with Crippen molar-refractivity contribution in [3.8, 4) is 11.3 Å². The molecule has 6 nitrogen and oxygen atoms in total. The van der Waals surface area contributed by atoms with Crippen LogP contribution in [0, 0.1) is 0 Å². The number of benzene rings is 1. The third-order valence-electron chi connectivity index (χ3n) is 5.79. The van der Waals surface area contributed by atoms with Crippen LogP contribution < -0.4 is 5.32 Å². The van der Waals surface area contributed by atoms with E-state index < -0.39 is 0 Å². The van der Waals surface area contributed by atoms with E-state index in [0.29, 0.717) is 5.92 Å². The van der Waals surface area contributed by atoms with Crippen LogP contribution in [-0.2, 0) is 6.54 Å². The monoisotopic (exact) mass is 422 g/mol. The van der Waals surface area contributed by atoms with Gasteiger partial charge in [-0.25, -0.2) is 9.97 Å². The third-order valence-corrected chi connectivity index (χ3v) is 5.79. The van der Waals surface area contributed by atoms with Gasteiger partial charge >= 0.3 is 0 Å². The fourth-order valence-electron chi connectivity index (χ4n) is 4.21. The van der Waals surface area contributed by atoms with Gasteiger partial charge in [-0.05, 0) is 61.3 Å². The Morgan fingerprint density at radius 3 is 2.41 bits per heavy atom. The highest BCUT2D eigenvalue weighted by Crippen LogP contribution is 2.29. The quantitative estimate of drug-likeness (QED) is 0.469. The zero-order chi connectivity index (χ0) is 21.6. The molecule has 3 aromatic heterocycles. The van der Waals surface area contributed by atoms with E-state index in [4.69, 9.17) is 9.97 Å². The molecule has 4 heterocycles. The number of anilines is 2. The minimum Gasteiger partial charge on any atom is -0.340 e. The zero-order valence-corrected chi connectivity index (χ0v) is 17.9. The van der Waals surface area contributed by atoms with Crippen LogP contribution in [0.25, 0.3) is 11.3 Å². The molecule has 1 aliphatic heterocycles. The molecular formula is C26H26N6. The van der Waals surface area contributed by atoms with E-state index in [9.17, 15) is 0 Å². The van der Waals surface area contributed by atoms with E-state index in [-0.39, 0.29) is 0 Å². The average molecular weight is 423 g/mol. The molecule has 32 heavy (non-hydrogen) atoms. The van der Waals surface area contributed by atoms with E-state index in [0.717, 1.165) is 61.1 Å². The maximum atomic E-state index is 4.99. The van der Waals surface area contributed by atoms with E-state index in [1.807, 2.05) is 60.9 Å². The van der Waals surface area contributed by atoms with Crippen molar-refractivity contribution in [2.45, 2.75) is 25.3 Å². The van der Waals surface area contributed by atoms with Crippen molar-refractivity contribution < 1.29 is 0 Å². The molecule has 1 N–H and O–H groups in total. The standard InChI is InChI=1S/C26H26N6/c1-2-6-23(7-3-1)29-25-17-24(21-10-14-28-15-11-21)30-26(31-25)22-5-4-16-32(19-22)18-20-8-12-27-13-9-20/h1-3,6-15,17,22H,4-5,16,18-19H2,(H,29,30,31). The smallest absolute Gasteiger partial charge is 0.135 e. The summed E-state index contributed by atoms with van der Waals surface area (Å²) in [5.41, 5.74) is 4.27. The molecule has 4 aromatic rings. The summed E-state index contributed by atoms with van der Waals surface area (Å²) in [6.07, 6.45) is 9.56. The van der Waals surface area contributed by atoms with Crippen LogP contribution in [-0.4, -0.2) is 37.9 Å². The highest BCUT2D eigenvalue weighted by molar-refractivity contribution is 5.65. The van der Waals surface area contributed by atoms with Crippen molar-refractivity contribution in [1.82, 2.24) is 24.8 Å². The van der Waals surface area contributed by atoms with Crippen molar-refractivity contribution in [1.29, 1.82) is 0 Å². The molecular weight excluding hydrogens is 396 g/mol. The summed E-state index contributed by atoms with van der Waals surface area (Å²) in [6, 6.07) is 20.3. The van der Waals surface area contributed by atoms with Gasteiger partial charge in [-0.15, -0.1) is 0 Å². The fourth-order valence-corrected chi connectivity index (χ4v) is 4.21. The van der Waals surface area contributed by atoms with Gasteiger partial charge in [0.05, 0.1) is 5.69 Å². The second kappa shape index (κ2) is 9.66. The third kappa shape index (κ3) is 4.98. The first-order chi connectivity index (χ1) is 15.8. The molecule has 1 saturated heterocycles. The minimum atomic E-state index is 0.295. The number of para-hydroxylation sites is 1. The Balaban J connectivity index is 1.43. The molecule has 1 unspecified atom stereocenters. The number of aromatic nitrogens is 4. The summed E-state index contributed by atoms with van der Waals surface area (Å²) in [5.74, 6) is 2.01. The fraction of sp³-hybridized carbons (Fsp3) is 0.231. The molecule has 0 spiro atoms. The molecule has 160 valence electrons. The Hall–Kier alpha value is -3.64. The summed E-state index contributed by atoms with van der Waals surface area (Å²) in [4.78, 5) is 20.7. The van der Waals surface area contributed by atoms with Gasteiger partial charge in [0.1, 0.15) is 11.6 Å². The topological polar surface area (TPSA) is 66.8 Å². The summed E-state index contributed by atoms with van der Waals surface area (Å²) >= 11 is 0. The van der Waals surface area contributed by atoms with Gasteiger partial charge in [0.15, 0.2) is 0 Å². The van der Waals surface area contributed by atoms with Crippen LogP contribution >= 0.6 is 0 Å². The second-order valence-electron chi connectivity index (χ2n) is 8.15. The van der Waals surface area contributed by atoms with Gasteiger partial charge in [-0.3, -0.25) is 14.9 Å². The Morgan fingerprint density at radius 1 is 0.875 bits per heavy atom. The minimum absolute atomic E-state index is 0.295. The predicted molar refractivity (Wildman–Crippen MR) is 126 cm³/mol. The Morgan fingerprint density at radius 2 is 1.62 bits per heavy atom. The maximum Gasteiger partial charge on any atom is 0.135 e. The van der Waals surface area contributed by atoms with Crippen LogP contribution in [0.3, 0.4) is 0 Å². The first-order valence-electron chi connectivity index (χ1n) is 11.1. The van der Waals surface area contributed by atoms with Crippen molar-refractivity contribution in [2.24, 2.45) is 0 Å². The van der Waals surface area contributed by atoms with Crippen LogP contribution in [0.4, 0.5) is 11.5 Å². The van der Waals surface area contributed by atoms with E-state index >= 15 is 0 Å². The molecule has 0 radical (unpaired) electrons. The maximum absolute atomic E-state index is 4.99. The highest BCUT2D eigenvalue weighted by Gasteiger charge is 2.24. The van der Waals surface area contributed by atoms with Crippen LogP contribution in [0.5, 0.6) is 0 Å². The van der Waals surface area contributed by atoms with Crippen LogP contribution in [0.2, 0.25) is 0 Å². The molecule has 0 amide bonds. The average Bonchev–Trinajstić information content (AvgIpc) is 2.86. The lowest BCUT2D eigenvalue weighted by atomic mass is 9.96. The predicted octanol–water partition coefficient (Wildman–Crippen LogP) is 5.06. The summed E-state index contributed by atoms with van der Waals surface area (Å²) in [5, 5.41) is 3.46. The molecule has 1 atom stereocenters. The number of likely N-dealkylation sites (tertiary alicyclic amines) is 1. The SMILES string of the molecule is c1ccc(Nc2cc(-c3ccncc3)nc(C3CCCN(Cc4ccncc4)C3)n2)cc1. The Labute approximate surface area is 188 Å². The first kappa shape index (κ1) is 20.3. The molecule has 5 rings (SSSR count). The Kier molecular flexibility index (Phi) is 6.12. The normalized spacial score (nSPS) is 16.6. The number of piperidine rings is 1. The van der Waals surface area contributed by atoms with E-state index in [1.54, 1.807) is 12.4 Å². The lowest BCUT2D eigenvalue weighted by Crippen LogP contribution is -2.34. The van der Waals surface area contributed by atoms with Crippen molar-refractivity contribution in [3.63, 3.8) is 0 Å². The van der Waals surface area contributed by atoms with Gasteiger partial charge in [0.2, 0.25) is 0 Å². The number of pyridine rings is 2. The second-order valence-corrected chi connectivity index (χ2v) is 8.15. The molecule has 1 aliphatic rings. The van der Waals surface area contributed by atoms with Crippen LogP contribution in [0.1, 0.15) is 30.1 Å². The van der Waals surface area contributed by atoms with Gasteiger partial charge in [-0.2, -0.15) is 0 Å². The summed E-state index contributed by atoms with van der Waals surface area (Å²) in [6.45, 7) is 2.98. The van der Waals surface area contributed by atoms with Crippen molar-refractivity contribution >= 4 is 11.5 Å². The van der Waals surface area contributed by atoms with Gasteiger partial charge in [0, 0.05) is 61.1 Å². The largest absolute Gasteiger partial charge is 0.340 e. The molecule has 0 bridgehead atoms. The van der Waals surface area contributed by atoms with Crippen molar-refractivity contribution in [3.05, 3.63) is 96.8 Å².